The predicted molar refractivity (Wildman–Crippen MR) is 139 cm³/mol. The van der Waals surface area contributed by atoms with Crippen molar-refractivity contribution in [3.8, 4) is 0 Å². The molecule has 192 valence electrons. The van der Waals surface area contributed by atoms with Crippen molar-refractivity contribution < 1.29 is 14.4 Å². The van der Waals surface area contributed by atoms with Crippen LogP contribution in [-0.2, 0) is 27.2 Å². The number of aromatic nitrogens is 1. The van der Waals surface area contributed by atoms with Gasteiger partial charge in [0.1, 0.15) is 12.1 Å². The van der Waals surface area contributed by atoms with Crippen LogP contribution in [0.15, 0.2) is 48.8 Å². The van der Waals surface area contributed by atoms with Gasteiger partial charge in [-0.05, 0) is 61.3 Å². The Morgan fingerprint density at radius 3 is 2.61 bits per heavy atom. The Labute approximate surface area is 218 Å². The highest BCUT2D eigenvalue weighted by molar-refractivity contribution is 6.31. The first-order chi connectivity index (χ1) is 17.5. The van der Waals surface area contributed by atoms with Crippen molar-refractivity contribution in [3.63, 3.8) is 0 Å². The van der Waals surface area contributed by atoms with Crippen molar-refractivity contribution in [2.45, 2.75) is 69.9 Å². The fraction of sp³-hybridized carbons (Fsp3) is 0.500. The number of rotatable bonds is 10. The van der Waals surface area contributed by atoms with Crippen molar-refractivity contribution in [3.05, 3.63) is 64.9 Å². The molecule has 1 saturated heterocycles. The van der Waals surface area contributed by atoms with Gasteiger partial charge in [0, 0.05) is 43.3 Å². The van der Waals surface area contributed by atoms with E-state index in [-0.39, 0.29) is 17.7 Å². The molecule has 1 saturated carbocycles. The lowest BCUT2D eigenvalue weighted by molar-refractivity contribution is -0.141. The molecule has 2 fully saturated rings. The van der Waals surface area contributed by atoms with Crippen molar-refractivity contribution >= 4 is 29.3 Å². The number of pyridine rings is 1. The molecule has 36 heavy (non-hydrogen) atoms. The molecule has 1 aromatic carbocycles. The number of hydrogen-bond acceptors (Lipinski definition) is 4. The molecule has 0 bridgehead atoms. The van der Waals surface area contributed by atoms with Gasteiger partial charge in [0.25, 0.3) is 0 Å². The second-order valence-corrected chi connectivity index (χ2v) is 10.3. The van der Waals surface area contributed by atoms with E-state index in [1.165, 1.54) is 0 Å². The average Bonchev–Trinajstić information content (AvgIpc) is 3.57. The van der Waals surface area contributed by atoms with Gasteiger partial charge in [-0.1, -0.05) is 48.7 Å². The maximum atomic E-state index is 13.7. The number of hydrogen-bond donors (Lipinski definition) is 2. The van der Waals surface area contributed by atoms with Gasteiger partial charge in [-0.25, -0.2) is 0 Å². The van der Waals surface area contributed by atoms with Crippen molar-refractivity contribution in [1.29, 1.82) is 0 Å². The lowest BCUT2D eigenvalue weighted by atomic mass is 10.0. The van der Waals surface area contributed by atoms with E-state index >= 15 is 0 Å². The van der Waals surface area contributed by atoms with E-state index in [4.69, 9.17) is 11.6 Å². The smallest absolute Gasteiger partial charge is 0.246 e. The summed E-state index contributed by atoms with van der Waals surface area (Å²) < 4.78 is 0. The van der Waals surface area contributed by atoms with Gasteiger partial charge in [-0.2, -0.15) is 0 Å². The van der Waals surface area contributed by atoms with Crippen LogP contribution in [0.5, 0.6) is 0 Å². The molecule has 0 radical (unpaired) electrons. The minimum atomic E-state index is -0.723. The molecule has 2 N–H and O–H groups in total. The molecule has 7 nitrogen and oxygen atoms in total. The van der Waals surface area contributed by atoms with Crippen molar-refractivity contribution in [2.75, 3.05) is 13.1 Å². The monoisotopic (exact) mass is 510 g/mol. The number of carbonyl (C=O) groups is 3. The molecule has 2 aromatic rings. The van der Waals surface area contributed by atoms with Crippen LogP contribution in [0.3, 0.4) is 0 Å². The normalized spacial score (nSPS) is 18.7. The van der Waals surface area contributed by atoms with E-state index in [1.807, 2.05) is 36.4 Å². The molecule has 0 unspecified atom stereocenters. The third-order valence-corrected chi connectivity index (χ3v) is 7.60. The van der Waals surface area contributed by atoms with Gasteiger partial charge >= 0.3 is 0 Å². The molecule has 2 heterocycles. The van der Waals surface area contributed by atoms with E-state index in [9.17, 15) is 14.4 Å². The molecule has 2 aliphatic rings. The molecule has 4 rings (SSSR count). The van der Waals surface area contributed by atoms with Crippen LogP contribution in [0, 0.1) is 5.92 Å². The van der Waals surface area contributed by atoms with E-state index in [0.717, 1.165) is 43.2 Å². The lowest BCUT2D eigenvalue weighted by Crippen LogP contribution is -2.54. The molecule has 0 spiro atoms. The highest BCUT2D eigenvalue weighted by Crippen LogP contribution is 2.27. The number of halogens is 1. The van der Waals surface area contributed by atoms with Crippen LogP contribution in [0.1, 0.15) is 56.1 Å². The minimum Gasteiger partial charge on any atom is -0.354 e. The summed E-state index contributed by atoms with van der Waals surface area (Å²) in [5.41, 5.74) is 1.84. The van der Waals surface area contributed by atoms with E-state index in [1.54, 1.807) is 17.3 Å². The SMILES string of the molecule is O=C(CC1CCCC1)N[C@@H](Cc1cccnc1)C(=O)N1CCC[C@H]1C(=O)NCCc1ccccc1Cl. The third-order valence-electron chi connectivity index (χ3n) is 7.23. The predicted octanol–water partition coefficient (Wildman–Crippen LogP) is 3.69. The van der Waals surface area contributed by atoms with Gasteiger partial charge in [0.15, 0.2) is 0 Å². The van der Waals surface area contributed by atoms with Crippen LogP contribution in [-0.4, -0.2) is 52.8 Å². The van der Waals surface area contributed by atoms with Crippen LogP contribution >= 0.6 is 11.6 Å². The molecule has 1 aliphatic carbocycles. The summed E-state index contributed by atoms with van der Waals surface area (Å²) in [5, 5.41) is 6.65. The van der Waals surface area contributed by atoms with E-state index < -0.39 is 12.1 Å². The van der Waals surface area contributed by atoms with E-state index in [2.05, 4.69) is 15.6 Å². The summed E-state index contributed by atoms with van der Waals surface area (Å²) in [6, 6.07) is 10.0. The zero-order valence-corrected chi connectivity index (χ0v) is 21.4. The molecule has 8 heteroatoms. The number of nitrogens with one attached hydrogen (secondary N) is 2. The first kappa shape index (κ1) is 26.1. The molecular formula is C28H35ClN4O3. The first-order valence-corrected chi connectivity index (χ1v) is 13.4. The minimum absolute atomic E-state index is 0.0934. The fourth-order valence-corrected chi connectivity index (χ4v) is 5.56. The maximum absolute atomic E-state index is 13.7. The molecule has 3 amide bonds. The first-order valence-electron chi connectivity index (χ1n) is 13.0. The Kier molecular flexibility index (Phi) is 9.34. The zero-order valence-electron chi connectivity index (χ0n) is 20.6. The van der Waals surface area contributed by atoms with Crippen LogP contribution < -0.4 is 10.6 Å². The summed E-state index contributed by atoms with van der Waals surface area (Å²) in [7, 11) is 0. The Balaban J connectivity index is 1.39. The van der Waals surface area contributed by atoms with Crippen molar-refractivity contribution in [2.24, 2.45) is 5.92 Å². The molecule has 1 aromatic heterocycles. The van der Waals surface area contributed by atoms with Crippen LogP contribution in [0.2, 0.25) is 5.02 Å². The van der Waals surface area contributed by atoms with Crippen LogP contribution in [0.25, 0.3) is 0 Å². The fourth-order valence-electron chi connectivity index (χ4n) is 5.33. The Morgan fingerprint density at radius 1 is 1.06 bits per heavy atom. The standard InChI is InChI=1S/C28H35ClN4O3/c29-23-11-4-3-10-22(23)13-15-31-27(35)25-12-6-16-33(25)28(36)24(17-21-9-5-14-30-19-21)32-26(34)18-20-7-1-2-8-20/h3-5,9-11,14,19-20,24-25H,1-2,6-8,12-13,15-18H2,(H,31,35)(H,32,34)/t24-,25-/m0/s1. The highest BCUT2D eigenvalue weighted by atomic mass is 35.5. The summed E-state index contributed by atoms with van der Waals surface area (Å²) in [6.45, 7) is 0.946. The van der Waals surface area contributed by atoms with Gasteiger partial charge in [0.05, 0.1) is 0 Å². The number of nitrogens with zero attached hydrogens (tertiary/aromatic N) is 2. The Morgan fingerprint density at radius 2 is 1.86 bits per heavy atom. The second kappa shape index (κ2) is 12.9. The number of amides is 3. The largest absolute Gasteiger partial charge is 0.354 e. The summed E-state index contributed by atoms with van der Waals surface area (Å²) in [5.74, 6) is -0.0701. The zero-order chi connectivity index (χ0) is 25.3. The summed E-state index contributed by atoms with van der Waals surface area (Å²) in [6.07, 6.45) is 10.6. The topological polar surface area (TPSA) is 91.4 Å². The van der Waals surface area contributed by atoms with Gasteiger partial charge in [-0.15, -0.1) is 0 Å². The molecule has 2 atom stereocenters. The lowest BCUT2D eigenvalue weighted by Gasteiger charge is -2.29. The molecule has 1 aliphatic heterocycles. The maximum Gasteiger partial charge on any atom is 0.246 e. The molecular weight excluding hydrogens is 476 g/mol. The quantitative estimate of drug-likeness (QED) is 0.510. The summed E-state index contributed by atoms with van der Waals surface area (Å²) >= 11 is 6.22. The average molecular weight is 511 g/mol. The van der Waals surface area contributed by atoms with Gasteiger partial charge < -0.3 is 15.5 Å². The second-order valence-electron chi connectivity index (χ2n) is 9.86. The van der Waals surface area contributed by atoms with Crippen molar-refractivity contribution in [1.82, 2.24) is 20.5 Å². The van der Waals surface area contributed by atoms with E-state index in [0.29, 0.717) is 49.7 Å². The van der Waals surface area contributed by atoms with Crippen LogP contribution in [0.4, 0.5) is 0 Å². The number of benzene rings is 1. The third kappa shape index (κ3) is 7.06. The van der Waals surface area contributed by atoms with Gasteiger partial charge in [0.2, 0.25) is 17.7 Å². The number of carbonyl (C=O) groups excluding carboxylic acids is 3. The number of likely N-dealkylation sites (tertiary alicyclic amines) is 1. The Bertz CT molecular complexity index is 1040. The summed E-state index contributed by atoms with van der Waals surface area (Å²) in [4.78, 5) is 45.3. The Hall–Kier alpha value is -2.93. The highest BCUT2D eigenvalue weighted by Gasteiger charge is 2.37. The van der Waals surface area contributed by atoms with Gasteiger partial charge in [-0.3, -0.25) is 19.4 Å².